The van der Waals surface area contributed by atoms with E-state index in [9.17, 15) is 9.18 Å². The molecular formula is C22H25FN6O2S. The van der Waals surface area contributed by atoms with Crippen molar-refractivity contribution in [2.75, 3.05) is 29.3 Å². The van der Waals surface area contributed by atoms with Crippen molar-refractivity contribution in [3.8, 4) is 11.3 Å². The minimum absolute atomic E-state index is 0.0767. The van der Waals surface area contributed by atoms with E-state index in [1.165, 1.54) is 18.7 Å². The Kier molecular flexibility index (Phi) is 4.85. The second-order valence-corrected chi connectivity index (χ2v) is 13.1. The van der Waals surface area contributed by atoms with Crippen molar-refractivity contribution in [1.82, 2.24) is 24.1 Å². The molecule has 4 aromatic rings. The number of oxazole rings is 1. The molecule has 168 valence electrons. The molecule has 1 fully saturated rings. The Labute approximate surface area is 185 Å². The molecule has 8 nitrogen and oxygen atoms in total. The predicted octanol–water partition coefficient (Wildman–Crippen LogP) is 3.99. The smallest absolute Gasteiger partial charge is 0.330 e. The van der Waals surface area contributed by atoms with Gasteiger partial charge in [0.2, 0.25) is 5.95 Å². The summed E-state index contributed by atoms with van der Waals surface area (Å²) in [6.45, 7) is 1.86. The number of halogens is 1. The first-order valence-electron chi connectivity index (χ1n) is 10.3. The van der Waals surface area contributed by atoms with Crippen molar-refractivity contribution in [3.05, 3.63) is 52.8 Å². The summed E-state index contributed by atoms with van der Waals surface area (Å²) in [6.07, 6.45) is 9.98. The van der Waals surface area contributed by atoms with Gasteiger partial charge in [-0.3, -0.25) is 9.13 Å². The maximum Gasteiger partial charge on any atom is 0.330 e. The number of imidazole rings is 1. The summed E-state index contributed by atoms with van der Waals surface area (Å²) in [4.78, 5) is 25.9. The van der Waals surface area contributed by atoms with Crippen LogP contribution >= 0.6 is 10.0 Å². The molecular weight excluding hydrogens is 431 g/mol. The van der Waals surface area contributed by atoms with E-state index in [1.807, 2.05) is 11.5 Å². The molecule has 0 amide bonds. The van der Waals surface area contributed by atoms with Crippen LogP contribution in [-0.4, -0.2) is 48.1 Å². The molecule has 0 spiro atoms. The lowest BCUT2D eigenvalue weighted by atomic mass is 10.1. The maximum absolute atomic E-state index is 14.7. The van der Waals surface area contributed by atoms with E-state index in [0.29, 0.717) is 34.1 Å². The van der Waals surface area contributed by atoms with Gasteiger partial charge in [0.15, 0.2) is 17.8 Å². The fourth-order valence-corrected chi connectivity index (χ4v) is 6.78. The van der Waals surface area contributed by atoms with Gasteiger partial charge >= 0.3 is 5.69 Å². The largest absolute Gasteiger partial charge is 0.443 e. The summed E-state index contributed by atoms with van der Waals surface area (Å²) in [5.41, 5.74) is 2.89. The topological polar surface area (TPSA) is 90.8 Å². The average molecular weight is 457 g/mol. The van der Waals surface area contributed by atoms with Crippen molar-refractivity contribution < 1.29 is 8.81 Å². The van der Waals surface area contributed by atoms with Gasteiger partial charge in [-0.25, -0.2) is 29.2 Å². The number of nitrogens with one attached hydrogen (secondary N) is 1. The van der Waals surface area contributed by atoms with E-state index < -0.39 is 15.8 Å². The summed E-state index contributed by atoms with van der Waals surface area (Å²) in [5, 5.41) is 3.11. The zero-order valence-electron chi connectivity index (χ0n) is 18.4. The lowest BCUT2D eigenvalue weighted by molar-refractivity contribution is 0.544. The highest BCUT2D eigenvalue weighted by Gasteiger charge is 2.31. The van der Waals surface area contributed by atoms with E-state index in [-0.39, 0.29) is 11.7 Å². The van der Waals surface area contributed by atoms with E-state index in [0.717, 1.165) is 23.5 Å². The van der Waals surface area contributed by atoms with Crippen LogP contribution in [0.3, 0.4) is 0 Å². The van der Waals surface area contributed by atoms with Crippen molar-refractivity contribution in [1.29, 1.82) is 0 Å². The third-order valence-electron chi connectivity index (χ3n) is 6.10. The van der Waals surface area contributed by atoms with E-state index >= 15 is 0 Å². The number of fused-ring (bicyclic) bond motifs is 1. The molecule has 10 heteroatoms. The first-order chi connectivity index (χ1) is 15.2. The van der Waals surface area contributed by atoms with E-state index in [2.05, 4.69) is 32.8 Å². The van der Waals surface area contributed by atoms with Crippen molar-refractivity contribution >= 4 is 32.8 Å². The third-order valence-corrected chi connectivity index (χ3v) is 8.73. The number of nitrogens with zero attached hydrogens (tertiary/aromatic N) is 5. The molecule has 0 radical (unpaired) electrons. The van der Waals surface area contributed by atoms with Crippen LogP contribution in [0.15, 0.2) is 40.1 Å². The van der Waals surface area contributed by atoms with Gasteiger partial charge in [-0.1, -0.05) is 0 Å². The van der Waals surface area contributed by atoms with Crippen molar-refractivity contribution in [2.45, 2.75) is 19.4 Å². The Morgan fingerprint density at radius 2 is 2.09 bits per heavy atom. The minimum atomic E-state index is -0.693. The highest BCUT2D eigenvalue weighted by molar-refractivity contribution is 8.32. The number of anilines is 2. The van der Waals surface area contributed by atoms with Crippen molar-refractivity contribution in [3.63, 3.8) is 0 Å². The highest BCUT2D eigenvalue weighted by Crippen LogP contribution is 2.51. The van der Waals surface area contributed by atoms with Gasteiger partial charge in [-0.2, -0.15) is 4.98 Å². The van der Waals surface area contributed by atoms with Gasteiger partial charge in [0.05, 0.1) is 18.0 Å². The zero-order valence-corrected chi connectivity index (χ0v) is 19.2. The molecule has 1 unspecified atom stereocenters. The minimum Gasteiger partial charge on any atom is -0.443 e. The Hall–Kier alpha value is -3.14. The van der Waals surface area contributed by atoms with Crippen LogP contribution in [0.5, 0.6) is 0 Å². The predicted molar refractivity (Wildman–Crippen MR) is 126 cm³/mol. The van der Waals surface area contributed by atoms with E-state index in [1.54, 1.807) is 23.9 Å². The Morgan fingerprint density at radius 3 is 2.78 bits per heavy atom. The third kappa shape index (κ3) is 3.48. The summed E-state index contributed by atoms with van der Waals surface area (Å²) in [5.74, 6) is 2.39. The average Bonchev–Trinajstić information content (AvgIpc) is 3.45. The summed E-state index contributed by atoms with van der Waals surface area (Å²) in [7, 11) is 1.05. The fourth-order valence-electron chi connectivity index (χ4n) is 4.35. The molecule has 1 aliphatic rings. The molecule has 1 aromatic carbocycles. The normalized spacial score (nSPS) is 18.8. The second kappa shape index (κ2) is 7.47. The molecule has 0 saturated carbocycles. The van der Waals surface area contributed by atoms with Crippen LogP contribution in [0, 0.1) is 12.7 Å². The van der Waals surface area contributed by atoms with Crippen LogP contribution in [-0.2, 0) is 7.05 Å². The Balaban J connectivity index is 1.53. The standard InChI is InChI=1S/C22H25FN6O2S/c1-13-7-15(19-10-24-12-31-19)16(23)8-17(13)26-21-25-9-18-20(27-21)29(22(30)28(18)2)14-5-6-32(3,4)11-14/h7-10,12,14H,5-6,11H2,1-4H3,(H,25,26,27). The number of hydrogen-bond acceptors (Lipinski definition) is 6. The lowest BCUT2D eigenvalue weighted by Gasteiger charge is -2.24. The lowest BCUT2D eigenvalue weighted by Crippen LogP contribution is -2.26. The van der Waals surface area contributed by atoms with Crippen LogP contribution in [0.1, 0.15) is 18.0 Å². The van der Waals surface area contributed by atoms with Crippen LogP contribution in [0.4, 0.5) is 16.0 Å². The number of aryl methyl sites for hydroxylation is 2. The van der Waals surface area contributed by atoms with Crippen LogP contribution < -0.4 is 11.0 Å². The Bertz CT molecular complexity index is 1380. The number of hydrogen-bond donors (Lipinski definition) is 1. The Morgan fingerprint density at radius 1 is 1.28 bits per heavy atom. The summed E-state index contributed by atoms with van der Waals surface area (Å²) >= 11 is 0. The van der Waals surface area contributed by atoms with E-state index in [4.69, 9.17) is 4.42 Å². The van der Waals surface area contributed by atoms with Gasteiger partial charge in [0.1, 0.15) is 11.3 Å². The number of benzene rings is 1. The first-order valence-corrected chi connectivity index (χ1v) is 13.1. The first kappa shape index (κ1) is 20.7. The van der Waals surface area contributed by atoms with Gasteiger partial charge in [0, 0.05) is 18.8 Å². The molecule has 32 heavy (non-hydrogen) atoms. The van der Waals surface area contributed by atoms with Gasteiger partial charge in [0.25, 0.3) is 0 Å². The molecule has 0 bridgehead atoms. The zero-order chi connectivity index (χ0) is 22.6. The number of aromatic nitrogens is 5. The SMILES string of the molecule is Cc1cc(-c2cnco2)c(F)cc1Nc1ncc2c(n1)n(C1CCS(C)(C)C1)c(=O)n2C. The van der Waals surface area contributed by atoms with Crippen molar-refractivity contribution in [2.24, 2.45) is 7.05 Å². The molecule has 5 rings (SSSR count). The molecule has 1 aliphatic heterocycles. The maximum atomic E-state index is 14.7. The molecule has 1 saturated heterocycles. The molecule has 1 N–H and O–H groups in total. The van der Waals surface area contributed by atoms with Gasteiger partial charge in [-0.05, 0) is 55.1 Å². The number of rotatable bonds is 4. The molecule has 4 heterocycles. The van der Waals surface area contributed by atoms with Gasteiger partial charge in [-0.15, -0.1) is 0 Å². The fraction of sp³-hybridized carbons (Fsp3) is 0.364. The quantitative estimate of drug-likeness (QED) is 0.499. The molecule has 1 atom stereocenters. The highest BCUT2D eigenvalue weighted by atomic mass is 32.3. The monoisotopic (exact) mass is 456 g/mol. The molecule has 3 aromatic heterocycles. The second-order valence-electron chi connectivity index (χ2n) is 8.83. The van der Waals surface area contributed by atoms with Crippen LogP contribution in [0.2, 0.25) is 0 Å². The van der Waals surface area contributed by atoms with Crippen LogP contribution in [0.25, 0.3) is 22.5 Å². The van der Waals surface area contributed by atoms with Gasteiger partial charge < -0.3 is 9.73 Å². The summed E-state index contributed by atoms with van der Waals surface area (Å²) in [6, 6.07) is 3.22. The molecule has 0 aliphatic carbocycles. The summed E-state index contributed by atoms with van der Waals surface area (Å²) < 4.78 is 23.4.